The van der Waals surface area contributed by atoms with Crippen molar-refractivity contribution in [3.05, 3.63) is 71.0 Å². The zero-order valence-corrected chi connectivity index (χ0v) is 13.1. The summed E-state index contributed by atoms with van der Waals surface area (Å²) in [4.78, 5) is 14.2. The van der Waals surface area contributed by atoms with Gasteiger partial charge in [0.2, 0.25) is 5.91 Å². The molecule has 1 amide bonds. The third kappa shape index (κ3) is 4.38. The van der Waals surface area contributed by atoms with Gasteiger partial charge in [0.05, 0.1) is 11.6 Å². The average Bonchev–Trinajstić information content (AvgIpc) is 2.55. The average molecular weight is 311 g/mol. The molecule has 0 spiro atoms. The molecule has 0 fully saturated rings. The van der Waals surface area contributed by atoms with Gasteiger partial charge in [-0.1, -0.05) is 24.3 Å². The van der Waals surface area contributed by atoms with Crippen LogP contribution in [0.5, 0.6) is 0 Å². The largest absolute Gasteiger partial charge is 0.350 e. The molecular weight excluding hydrogens is 293 g/mol. The van der Waals surface area contributed by atoms with E-state index in [2.05, 4.69) is 11.4 Å². The first kappa shape index (κ1) is 16.7. The Labute approximate surface area is 135 Å². The van der Waals surface area contributed by atoms with Crippen molar-refractivity contribution in [3.63, 3.8) is 0 Å². The normalized spacial score (nSPS) is 11.8. The van der Waals surface area contributed by atoms with Crippen molar-refractivity contribution in [3.8, 4) is 6.07 Å². The van der Waals surface area contributed by atoms with E-state index in [1.807, 2.05) is 0 Å². The molecule has 0 aromatic heterocycles. The second-order valence-electron chi connectivity index (χ2n) is 5.44. The predicted molar refractivity (Wildman–Crippen MR) is 85.8 cm³/mol. The molecule has 0 aliphatic rings. The van der Waals surface area contributed by atoms with E-state index in [9.17, 15) is 9.18 Å². The van der Waals surface area contributed by atoms with Crippen LogP contribution in [-0.2, 0) is 11.3 Å². The number of rotatable bonds is 5. The van der Waals surface area contributed by atoms with Gasteiger partial charge in [-0.25, -0.2) is 4.39 Å². The van der Waals surface area contributed by atoms with Gasteiger partial charge in [0.25, 0.3) is 0 Å². The molecule has 1 N–H and O–H groups in total. The third-order valence-electron chi connectivity index (χ3n) is 3.50. The van der Waals surface area contributed by atoms with E-state index in [0.29, 0.717) is 12.1 Å². The number of nitriles is 1. The molecule has 0 saturated carbocycles. The minimum atomic E-state index is -0.492. The number of hydrogen-bond acceptors (Lipinski definition) is 3. The van der Waals surface area contributed by atoms with E-state index in [-0.39, 0.29) is 11.7 Å². The maximum absolute atomic E-state index is 13.0. The summed E-state index contributed by atoms with van der Waals surface area (Å²) in [5, 5.41) is 11.6. The number of hydrogen-bond donors (Lipinski definition) is 1. The second kappa shape index (κ2) is 7.52. The van der Waals surface area contributed by atoms with E-state index in [1.165, 1.54) is 12.1 Å². The van der Waals surface area contributed by atoms with Gasteiger partial charge in [-0.15, -0.1) is 0 Å². The topological polar surface area (TPSA) is 56.1 Å². The quantitative estimate of drug-likeness (QED) is 0.923. The molecule has 1 atom stereocenters. The highest BCUT2D eigenvalue weighted by Crippen LogP contribution is 2.19. The monoisotopic (exact) mass is 311 g/mol. The van der Waals surface area contributed by atoms with Crippen molar-refractivity contribution in [1.29, 1.82) is 5.26 Å². The van der Waals surface area contributed by atoms with E-state index in [0.717, 1.165) is 11.1 Å². The number of benzene rings is 2. The van der Waals surface area contributed by atoms with E-state index in [4.69, 9.17) is 5.26 Å². The van der Waals surface area contributed by atoms with Crippen LogP contribution in [0, 0.1) is 17.1 Å². The van der Waals surface area contributed by atoms with Crippen molar-refractivity contribution in [2.45, 2.75) is 12.6 Å². The number of likely N-dealkylation sites (N-methyl/N-ethyl adjacent to an activating group) is 1. The van der Waals surface area contributed by atoms with E-state index >= 15 is 0 Å². The number of carbonyl (C=O) groups is 1. The molecule has 4 nitrogen and oxygen atoms in total. The van der Waals surface area contributed by atoms with Crippen LogP contribution in [-0.4, -0.2) is 24.9 Å². The van der Waals surface area contributed by atoms with Gasteiger partial charge < -0.3 is 5.32 Å². The zero-order chi connectivity index (χ0) is 16.8. The highest BCUT2D eigenvalue weighted by atomic mass is 19.1. The Kier molecular flexibility index (Phi) is 5.45. The summed E-state index contributed by atoms with van der Waals surface area (Å²) in [5.41, 5.74) is 2.22. The SMILES string of the molecule is CN(C)C(C(=O)NCc1ccc(C#N)cc1)c1ccc(F)cc1. The van der Waals surface area contributed by atoms with E-state index < -0.39 is 6.04 Å². The lowest BCUT2D eigenvalue weighted by Gasteiger charge is -2.24. The Morgan fingerprint density at radius 2 is 1.78 bits per heavy atom. The fraction of sp³-hybridized carbons (Fsp3) is 0.222. The molecule has 2 aromatic carbocycles. The summed E-state index contributed by atoms with van der Waals surface area (Å²) >= 11 is 0. The fourth-order valence-corrected chi connectivity index (χ4v) is 2.31. The standard InChI is InChI=1S/C18H18FN3O/c1-22(2)17(15-7-9-16(19)10-8-15)18(23)21-12-14-5-3-13(11-20)4-6-14/h3-10,17H,12H2,1-2H3,(H,21,23). The van der Waals surface area contributed by atoms with Crippen molar-refractivity contribution < 1.29 is 9.18 Å². The van der Waals surface area contributed by atoms with Crippen LogP contribution < -0.4 is 5.32 Å². The highest BCUT2D eigenvalue weighted by molar-refractivity contribution is 5.83. The Morgan fingerprint density at radius 1 is 1.17 bits per heavy atom. The molecule has 0 aliphatic heterocycles. The Morgan fingerprint density at radius 3 is 2.30 bits per heavy atom. The molecule has 118 valence electrons. The second-order valence-corrected chi connectivity index (χ2v) is 5.44. The van der Waals surface area contributed by atoms with Crippen molar-refractivity contribution in [2.75, 3.05) is 14.1 Å². The summed E-state index contributed by atoms with van der Waals surface area (Å²) in [6, 6.07) is 14.5. The molecule has 0 saturated heterocycles. The molecule has 2 rings (SSSR count). The zero-order valence-electron chi connectivity index (χ0n) is 13.1. The predicted octanol–water partition coefficient (Wildman–Crippen LogP) is 2.62. The van der Waals surface area contributed by atoms with Gasteiger partial charge in [-0.2, -0.15) is 5.26 Å². The Bertz CT molecular complexity index is 703. The lowest BCUT2D eigenvalue weighted by Crippen LogP contribution is -2.36. The van der Waals surface area contributed by atoms with Gasteiger partial charge in [-0.3, -0.25) is 9.69 Å². The summed E-state index contributed by atoms with van der Waals surface area (Å²) in [7, 11) is 3.60. The number of halogens is 1. The summed E-state index contributed by atoms with van der Waals surface area (Å²) in [6.45, 7) is 0.371. The van der Waals surface area contributed by atoms with Crippen molar-refractivity contribution in [1.82, 2.24) is 10.2 Å². The van der Waals surface area contributed by atoms with Gasteiger partial charge >= 0.3 is 0 Å². The molecule has 0 radical (unpaired) electrons. The highest BCUT2D eigenvalue weighted by Gasteiger charge is 2.22. The summed E-state index contributed by atoms with van der Waals surface area (Å²) < 4.78 is 13.0. The van der Waals surface area contributed by atoms with E-state index in [1.54, 1.807) is 55.4 Å². The summed E-state index contributed by atoms with van der Waals surface area (Å²) in [6.07, 6.45) is 0. The minimum Gasteiger partial charge on any atom is -0.350 e. The molecular formula is C18H18FN3O. The van der Waals surface area contributed by atoms with Gasteiger partial charge in [-0.05, 0) is 49.5 Å². The molecule has 0 heterocycles. The smallest absolute Gasteiger partial charge is 0.242 e. The van der Waals surface area contributed by atoms with Crippen molar-refractivity contribution in [2.24, 2.45) is 0 Å². The van der Waals surface area contributed by atoms with Crippen LogP contribution in [0.15, 0.2) is 48.5 Å². The van der Waals surface area contributed by atoms with Crippen LogP contribution in [0.1, 0.15) is 22.7 Å². The number of nitrogens with one attached hydrogen (secondary N) is 1. The lowest BCUT2D eigenvalue weighted by atomic mass is 10.0. The molecule has 2 aromatic rings. The molecule has 1 unspecified atom stereocenters. The molecule has 0 aliphatic carbocycles. The first-order valence-corrected chi connectivity index (χ1v) is 7.20. The maximum atomic E-state index is 13.0. The van der Waals surface area contributed by atoms with Crippen LogP contribution in [0.3, 0.4) is 0 Å². The number of amides is 1. The molecule has 0 bridgehead atoms. The van der Waals surface area contributed by atoms with Crippen LogP contribution in [0.25, 0.3) is 0 Å². The number of carbonyl (C=O) groups excluding carboxylic acids is 1. The van der Waals surface area contributed by atoms with Gasteiger partial charge in [0.15, 0.2) is 0 Å². The third-order valence-corrected chi connectivity index (χ3v) is 3.50. The Balaban J connectivity index is 2.06. The first-order chi connectivity index (χ1) is 11.0. The Hall–Kier alpha value is -2.71. The van der Waals surface area contributed by atoms with Crippen LogP contribution in [0.2, 0.25) is 0 Å². The summed E-state index contributed by atoms with van der Waals surface area (Å²) in [5.74, 6) is -0.491. The first-order valence-electron chi connectivity index (χ1n) is 7.20. The maximum Gasteiger partial charge on any atom is 0.242 e. The molecule has 23 heavy (non-hydrogen) atoms. The minimum absolute atomic E-state index is 0.161. The molecule has 5 heteroatoms. The van der Waals surface area contributed by atoms with Crippen LogP contribution in [0.4, 0.5) is 4.39 Å². The fourth-order valence-electron chi connectivity index (χ4n) is 2.31. The van der Waals surface area contributed by atoms with Gasteiger partial charge in [0, 0.05) is 6.54 Å². The van der Waals surface area contributed by atoms with Crippen LogP contribution >= 0.6 is 0 Å². The number of nitrogens with zero attached hydrogens (tertiary/aromatic N) is 2. The van der Waals surface area contributed by atoms with Crippen molar-refractivity contribution >= 4 is 5.91 Å². The van der Waals surface area contributed by atoms with Gasteiger partial charge in [0.1, 0.15) is 11.9 Å². The lowest BCUT2D eigenvalue weighted by molar-refractivity contribution is -0.125.